The highest BCUT2D eigenvalue weighted by Crippen LogP contribution is 2.44. The Balaban J connectivity index is 1.75. The van der Waals surface area contributed by atoms with Gasteiger partial charge in [-0.3, -0.25) is 4.98 Å². The molecule has 0 bridgehead atoms. The Morgan fingerprint density at radius 3 is 2.85 bits per heavy atom. The normalized spacial score (nSPS) is 16.0. The zero-order valence-electron chi connectivity index (χ0n) is 19.9. The number of fused-ring (bicyclic) bond motifs is 1. The molecule has 4 aromatic rings. The topological polar surface area (TPSA) is 157 Å². The first kappa shape index (κ1) is 17.5. The first-order valence-corrected chi connectivity index (χ1v) is 10.2. The van der Waals surface area contributed by atoms with Crippen molar-refractivity contribution in [3.05, 3.63) is 52.3 Å². The highest BCUT2D eigenvalue weighted by molar-refractivity contribution is 6.34. The van der Waals surface area contributed by atoms with Crippen molar-refractivity contribution in [3.63, 3.8) is 0 Å². The SMILES string of the molecule is [2H]C([2H])([2H])[C@H](Nc1nc(N)nc(N)c1C#N)c1cn2nc(C3CC3)c(Cl)c2nc1-c1cncc(F)c1. The van der Waals surface area contributed by atoms with Gasteiger partial charge in [0.25, 0.3) is 0 Å². The Labute approximate surface area is 196 Å². The minimum absolute atomic E-state index is 0.107. The lowest BCUT2D eigenvalue weighted by atomic mass is 10.0. The second-order valence-electron chi connectivity index (χ2n) is 7.56. The Hall–Kier alpha value is -4.04. The summed E-state index contributed by atoms with van der Waals surface area (Å²) in [5.41, 5.74) is 12.7. The van der Waals surface area contributed by atoms with E-state index in [9.17, 15) is 9.65 Å². The largest absolute Gasteiger partial charge is 0.382 e. The van der Waals surface area contributed by atoms with Crippen LogP contribution in [0, 0.1) is 17.1 Å². The smallest absolute Gasteiger partial charge is 0.224 e. The second-order valence-corrected chi connectivity index (χ2v) is 7.94. The molecule has 1 aliphatic rings. The number of nitriles is 1. The van der Waals surface area contributed by atoms with E-state index in [4.69, 9.17) is 27.2 Å². The number of anilines is 3. The first-order chi connectivity index (χ1) is 17.1. The molecular formula is C21H18ClFN10. The molecule has 0 unspecified atom stereocenters. The fourth-order valence-corrected chi connectivity index (χ4v) is 3.82. The summed E-state index contributed by atoms with van der Waals surface area (Å²) in [5.74, 6) is -1.09. The number of pyridine rings is 1. The van der Waals surface area contributed by atoms with Crippen molar-refractivity contribution in [2.45, 2.75) is 31.7 Å². The first-order valence-electron chi connectivity index (χ1n) is 11.4. The van der Waals surface area contributed by atoms with Gasteiger partial charge in [-0.1, -0.05) is 11.6 Å². The van der Waals surface area contributed by atoms with Gasteiger partial charge in [0.1, 0.15) is 28.3 Å². The minimum atomic E-state index is -2.71. The standard InChI is InChI=1S/C21H18ClFN10/c1-9(28-19-13(5-24)18(25)30-21(26)31-19)14-8-33-20(15(22)17(32-33)10-2-3-10)29-16(14)11-4-12(23)7-27-6-11/h4,6-10H,2-3H2,1H3,(H5,25,26,28,30,31)/t9-/m0/s1/i1D3. The summed E-state index contributed by atoms with van der Waals surface area (Å²) in [5, 5.41) is 17.2. The maximum absolute atomic E-state index is 14.1. The number of aromatic nitrogens is 6. The lowest BCUT2D eigenvalue weighted by molar-refractivity contribution is 0.622. The van der Waals surface area contributed by atoms with Gasteiger partial charge in [0.05, 0.1) is 23.6 Å². The van der Waals surface area contributed by atoms with E-state index in [0.29, 0.717) is 16.4 Å². The molecule has 0 aliphatic heterocycles. The van der Waals surface area contributed by atoms with Crippen LogP contribution >= 0.6 is 11.6 Å². The molecule has 166 valence electrons. The molecule has 12 heteroatoms. The summed E-state index contributed by atoms with van der Waals surface area (Å²) < 4.78 is 40.3. The van der Waals surface area contributed by atoms with Crippen LogP contribution in [-0.2, 0) is 0 Å². The third kappa shape index (κ3) is 3.74. The highest BCUT2D eigenvalue weighted by Gasteiger charge is 2.31. The highest BCUT2D eigenvalue weighted by atomic mass is 35.5. The molecule has 1 fully saturated rings. The van der Waals surface area contributed by atoms with Crippen molar-refractivity contribution in [1.29, 1.82) is 5.26 Å². The van der Waals surface area contributed by atoms with Crippen LogP contribution in [0.1, 0.15) is 52.6 Å². The van der Waals surface area contributed by atoms with E-state index in [2.05, 4.69) is 30.4 Å². The summed E-state index contributed by atoms with van der Waals surface area (Å²) in [6.45, 7) is -2.71. The molecule has 10 nitrogen and oxygen atoms in total. The minimum Gasteiger partial charge on any atom is -0.382 e. The number of hydrogen-bond acceptors (Lipinski definition) is 9. The number of rotatable bonds is 5. The van der Waals surface area contributed by atoms with E-state index in [1.54, 1.807) is 0 Å². The molecule has 0 radical (unpaired) electrons. The van der Waals surface area contributed by atoms with Gasteiger partial charge < -0.3 is 16.8 Å². The second kappa shape index (κ2) is 7.83. The average molecular weight is 468 g/mol. The number of nitrogens with one attached hydrogen (secondary N) is 1. The van der Waals surface area contributed by atoms with Crippen molar-refractivity contribution in [3.8, 4) is 17.3 Å². The summed E-state index contributed by atoms with van der Waals surface area (Å²) in [6, 6.07) is 1.53. The van der Waals surface area contributed by atoms with Crippen LogP contribution in [0.15, 0.2) is 24.7 Å². The molecule has 4 aromatic heterocycles. The van der Waals surface area contributed by atoms with E-state index in [1.807, 2.05) is 6.07 Å². The predicted molar refractivity (Wildman–Crippen MR) is 121 cm³/mol. The van der Waals surface area contributed by atoms with E-state index in [-0.39, 0.29) is 45.9 Å². The van der Waals surface area contributed by atoms with Gasteiger partial charge in [-0.05, 0) is 25.8 Å². The molecule has 0 spiro atoms. The molecule has 1 saturated carbocycles. The maximum atomic E-state index is 14.1. The Bertz CT molecular complexity index is 1540. The molecule has 5 rings (SSSR count). The average Bonchev–Trinajstić information content (AvgIpc) is 3.59. The molecule has 0 amide bonds. The van der Waals surface area contributed by atoms with Crippen LogP contribution in [0.3, 0.4) is 0 Å². The Morgan fingerprint density at radius 1 is 1.33 bits per heavy atom. The summed E-state index contributed by atoms with van der Waals surface area (Å²) >= 11 is 6.57. The number of halogens is 2. The van der Waals surface area contributed by atoms with Gasteiger partial charge >= 0.3 is 0 Å². The number of nitrogen functional groups attached to an aromatic ring is 2. The Morgan fingerprint density at radius 2 is 2.15 bits per heavy atom. The van der Waals surface area contributed by atoms with Crippen molar-refractivity contribution >= 4 is 34.8 Å². The molecule has 5 N–H and O–H groups in total. The van der Waals surface area contributed by atoms with Crippen molar-refractivity contribution in [2.75, 3.05) is 16.8 Å². The summed E-state index contributed by atoms with van der Waals surface area (Å²) in [7, 11) is 0. The van der Waals surface area contributed by atoms with Gasteiger partial charge in [0.15, 0.2) is 11.5 Å². The van der Waals surface area contributed by atoms with Gasteiger partial charge in [-0.15, -0.1) is 0 Å². The third-order valence-corrected chi connectivity index (χ3v) is 5.57. The van der Waals surface area contributed by atoms with E-state index in [0.717, 1.165) is 19.0 Å². The van der Waals surface area contributed by atoms with Gasteiger partial charge in [0, 0.05) is 33.6 Å². The summed E-state index contributed by atoms with van der Waals surface area (Å²) in [6.07, 6.45) is 5.71. The number of hydrogen-bond donors (Lipinski definition) is 3. The lowest BCUT2D eigenvalue weighted by Crippen LogP contribution is -2.15. The maximum Gasteiger partial charge on any atom is 0.224 e. The third-order valence-electron chi connectivity index (χ3n) is 5.21. The molecule has 1 atom stereocenters. The zero-order chi connectivity index (χ0) is 25.8. The lowest BCUT2D eigenvalue weighted by Gasteiger charge is -2.19. The number of nitrogens with zero attached hydrogens (tertiary/aromatic N) is 7. The van der Waals surface area contributed by atoms with Crippen LogP contribution in [0.4, 0.5) is 22.0 Å². The zero-order valence-corrected chi connectivity index (χ0v) is 17.7. The van der Waals surface area contributed by atoms with Crippen LogP contribution < -0.4 is 16.8 Å². The van der Waals surface area contributed by atoms with Crippen molar-refractivity contribution in [2.24, 2.45) is 0 Å². The molecule has 1 aliphatic carbocycles. The molecule has 33 heavy (non-hydrogen) atoms. The van der Waals surface area contributed by atoms with Crippen LogP contribution in [0.25, 0.3) is 16.9 Å². The molecule has 0 saturated heterocycles. The fourth-order valence-electron chi connectivity index (χ4n) is 3.50. The van der Waals surface area contributed by atoms with Gasteiger partial charge in [-0.2, -0.15) is 20.3 Å². The van der Waals surface area contributed by atoms with Gasteiger partial charge in [0.2, 0.25) is 5.95 Å². The Kier molecular flexibility index (Phi) is 4.15. The quantitative estimate of drug-likeness (QED) is 0.399. The molecular weight excluding hydrogens is 447 g/mol. The van der Waals surface area contributed by atoms with E-state index < -0.39 is 18.7 Å². The van der Waals surface area contributed by atoms with Crippen LogP contribution in [0.5, 0.6) is 0 Å². The summed E-state index contributed by atoms with van der Waals surface area (Å²) in [4.78, 5) is 16.2. The number of nitrogens with two attached hydrogens (primary N) is 2. The van der Waals surface area contributed by atoms with Crippen molar-refractivity contribution in [1.82, 2.24) is 29.5 Å². The van der Waals surface area contributed by atoms with E-state index in [1.165, 1.54) is 23.0 Å². The predicted octanol–water partition coefficient (Wildman–Crippen LogP) is 3.46. The van der Waals surface area contributed by atoms with Crippen molar-refractivity contribution < 1.29 is 8.50 Å². The van der Waals surface area contributed by atoms with Gasteiger partial charge in [-0.25, -0.2) is 13.9 Å². The molecule has 4 heterocycles. The fraction of sp³-hybridized carbons (Fsp3) is 0.238. The van der Waals surface area contributed by atoms with Crippen LogP contribution in [-0.4, -0.2) is 29.5 Å². The monoisotopic (exact) mass is 467 g/mol. The molecule has 0 aromatic carbocycles. The van der Waals surface area contributed by atoms with E-state index >= 15 is 0 Å². The van der Waals surface area contributed by atoms with Crippen LogP contribution in [0.2, 0.25) is 5.02 Å².